The first kappa shape index (κ1) is 20.6. The Morgan fingerprint density at radius 1 is 1.23 bits per heavy atom. The highest BCUT2D eigenvalue weighted by Crippen LogP contribution is 2.24. The highest BCUT2D eigenvalue weighted by Gasteiger charge is 2.32. The molecule has 0 aromatic heterocycles. The number of hydrogen-bond donors (Lipinski definition) is 1. The predicted molar refractivity (Wildman–Crippen MR) is 100 cm³/mol. The van der Waals surface area contributed by atoms with E-state index < -0.39 is 10.0 Å². The number of nitrogens with one attached hydrogen (secondary N) is 1. The minimum absolute atomic E-state index is 0.0151. The highest BCUT2D eigenvalue weighted by atomic mass is 32.2. The number of hydrogen-bond acceptors (Lipinski definition) is 4. The van der Waals surface area contributed by atoms with Crippen LogP contribution in [0.5, 0.6) is 0 Å². The number of sulfonamides is 1. The fourth-order valence-corrected chi connectivity index (χ4v) is 4.53. The molecule has 7 heteroatoms. The molecule has 144 valence electrons. The van der Waals surface area contributed by atoms with Crippen LogP contribution in [0, 0.1) is 11.8 Å². The van der Waals surface area contributed by atoms with Gasteiger partial charge in [-0.1, -0.05) is 26.0 Å². The third-order valence-corrected chi connectivity index (χ3v) is 6.62. The zero-order valence-electron chi connectivity index (χ0n) is 15.7. The molecule has 1 N–H and O–H groups in total. The van der Waals surface area contributed by atoms with Crippen LogP contribution in [0.1, 0.15) is 50.4 Å². The molecule has 0 spiro atoms. The van der Waals surface area contributed by atoms with E-state index in [0.717, 1.165) is 6.42 Å². The number of benzene rings is 1. The Balaban J connectivity index is 1.97. The molecule has 6 nitrogen and oxygen atoms in total. The minimum Gasteiger partial charge on any atom is -0.356 e. The molecule has 1 amide bonds. The summed E-state index contributed by atoms with van der Waals surface area (Å²) in [6.45, 7) is 6.92. The molecule has 1 fully saturated rings. The number of ketones is 1. The van der Waals surface area contributed by atoms with Gasteiger partial charge in [-0.05, 0) is 44.2 Å². The molecule has 2 rings (SSSR count). The van der Waals surface area contributed by atoms with Crippen molar-refractivity contribution < 1.29 is 18.0 Å². The maximum Gasteiger partial charge on any atom is 0.243 e. The number of nitrogens with zero attached hydrogens (tertiary/aromatic N) is 1. The summed E-state index contributed by atoms with van der Waals surface area (Å²) in [5, 5.41) is 2.94. The van der Waals surface area contributed by atoms with Crippen LogP contribution in [-0.4, -0.2) is 44.0 Å². The van der Waals surface area contributed by atoms with Gasteiger partial charge in [0.25, 0.3) is 0 Å². The molecule has 0 saturated carbocycles. The maximum atomic E-state index is 12.8. The Morgan fingerprint density at radius 3 is 2.46 bits per heavy atom. The molecule has 1 aromatic rings. The topological polar surface area (TPSA) is 83.6 Å². The molecule has 1 aliphatic rings. The van der Waals surface area contributed by atoms with Crippen LogP contribution in [0.2, 0.25) is 0 Å². The van der Waals surface area contributed by atoms with E-state index in [9.17, 15) is 18.0 Å². The van der Waals surface area contributed by atoms with E-state index in [0.29, 0.717) is 44.0 Å². The Kier molecular flexibility index (Phi) is 6.94. The number of rotatable bonds is 7. The van der Waals surface area contributed by atoms with E-state index in [1.165, 1.54) is 23.4 Å². The van der Waals surface area contributed by atoms with Crippen molar-refractivity contribution in [2.45, 2.75) is 44.9 Å². The molecule has 0 bridgehead atoms. The summed E-state index contributed by atoms with van der Waals surface area (Å²) < 4.78 is 27.0. The molecule has 26 heavy (non-hydrogen) atoms. The van der Waals surface area contributed by atoms with E-state index in [2.05, 4.69) is 19.2 Å². The Labute approximate surface area is 156 Å². The van der Waals surface area contributed by atoms with Crippen molar-refractivity contribution in [2.75, 3.05) is 19.6 Å². The van der Waals surface area contributed by atoms with Crippen molar-refractivity contribution in [1.29, 1.82) is 0 Å². The normalized spacial score (nSPS) is 16.6. The van der Waals surface area contributed by atoms with Crippen LogP contribution < -0.4 is 5.32 Å². The fourth-order valence-electron chi connectivity index (χ4n) is 3.01. The Hall–Kier alpha value is -1.73. The average molecular weight is 381 g/mol. The lowest BCUT2D eigenvalue weighted by molar-refractivity contribution is -0.126. The number of Topliss-reactive ketones (excluding diaryl/α,β-unsaturated/α-hetero) is 1. The lowest BCUT2D eigenvalue weighted by Gasteiger charge is -2.30. The third-order valence-electron chi connectivity index (χ3n) is 4.72. The minimum atomic E-state index is -3.65. The number of carbonyl (C=O) groups excluding carboxylic acids is 2. The van der Waals surface area contributed by atoms with Gasteiger partial charge in [0.05, 0.1) is 4.90 Å². The largest absolute Gasteiger partial charge is 0.356 e. The average Bonchev–Trinajstić information content (AvgIpc) is 2.61. The van der Waals surface area contributed by atoms with Gasteiger partial charge in [-0.25, -0.2) is 8.42 Å². The molecule has 1 aromatic carbocycles. The van der Waals surface area contributed by atoms with Crippen LogP contribution >= 0.6 is 0 Å². The smallest absolute Gasteiger partial charge is 0.243 e. The van der Waals surface area contributed by atoms with Gasteiger partial charge in [-0.15, -0.1) is 0 Å². The second kappa shape index (κ2) is 8.77. The van der Waals surface area contributed by atoms with E-state index in [1.54, 1.807) is 12.1 Å². The van der Waals surface area contributed by atoms with Crippen LogP contribution in [-0.2, 0) is 14.8 Å². The monoisotopic (exact) mass is 380 g/mol. The Morgan fingerprint density at radius 2 is 1.88 bits per heavy atom. The third kappa shape index (κ3) is 5.14. The zero-order chi connectivity index (χ0) is 19.3. The Bertz CT molecular complexity index is 751. The molecule has 0 unspecified atom stereocenters. The van der Waals surface area contributed by atoms with Gasteiger partial charge in [0.15, 0.2) is 5.78 Å². The first-order valence-corrected chi connectivity index (χ1v) is 10.5. The second-order valence-corrected chi connectivity index (χ2v) is 9.17. The van der Waals surface area contributed by atoms with Crippen molar-refractivity contribution in [3.8, 4) is 0 Å². The number of amides is 1. The summed E-state index contributed by atoms with van der Waals surface area (Å²) >= 11 is 0. The first-order chi connectivity index (χ1) is 12.2. The van der Waals surface area contributed by atoms with Gasteiger partial charge in [0, 0.05) is 31.1 Å². The molecule has 1 aliphatic heterocycles. The van der Waals surface area contributed by atoms with Crippen molar-refractivity contribution >= 4 is 21.7 Å². The van der Waals surface area contributed by atoms with Gasteiger partial charge in [-0.3, -0.25) is 9.59 Å². The molecule has 0 radical (unpaired) electrons. The zero-order valence-corrected chi connectivity index (χ0v) is 16.5. The molecule has 0 atom stereocenters. The van der Waals surface area contributed by atoms with E-state index in [4.69, 9.17) is 0 Å². The van der Waals surface area contributed by atoms with E-state index >= 15 is 0 Å². The molecular weight excluding hydrogens is 352 g/mol. The van der Waals surface area contributed by atoms with E-state index in [-0.39, 0.29) is 22.5 Å². The molecule has 1 heterocycles. The van der Waals surface area contributed by atoms with Crippen molar-refractivity contribution in [2.24, 2.45) is 11.8 Å². The van der Waals surface area contributed by atoms with Gasteiger partial charge in [0.1, 0.15) is 0 Å². The standard InChI is InChI=1S/C19H28N2O4S/c1-14(2)7-10-20-19(23)16-8-11-21(12-9-16)26(24,25)18-6-4-5-17(13-18)15(3)22/h4-6,13-14,16H,7-12H2,1-3H3,(H,20,23). The molecule has 1 saturated heterocycles. The second-order valence-electron chi connectivity index (χ2n) is 7.24. The summed E-state index contributed by atoms with van der Waals surface area (Å²) in [5.74, 6) is 0.241. The van der Waals surface area contributed by atoms with E-state index in [1.807, 2.05) is 0 Å². The summed E-state index contributed by atoms with van der Waals surface area (Å²) in [6.07, 6.45) is 1.96. The summed E-state index contributed by atoms with van der Waals surface area (Å²) in [6, 6.07) is 6.11. The van der Waals surface area contributed by atoms with Crippen LogP contribution in [0.15, 0.2) is 29.2 Å². The fraction of sp³-hybridized carbons (Fsp3) is 0.579. The van der Waals surface area contributed by atoms with Crippen LogP contribution in [0.25, 0.3) is 0 Å². The van der Waals surface area contributed by atoms with Gasteiger partial charge >= 0.3 is 0 Å². The molecule has 0 aliphatic carbocycles. The number of carbonyl (C=O) groups is 2. The van der Waals surface area contributed by atoms with Gasteiger partial charge in [-0.2, -0.15) is 4.31 Å². The quantitative estimate of drug-likeness (QED) is 0.737. The lowest BCUT2D eigenvalue weighted by atomic mass is 9.97. The molecular formula is C19H28N2O4S. The predicted octanol–water partition coefficient (Wildman–Crippen LogP) is 2.45. The first-order valence-electron chi connectivity index (χ1n) is 9.10. The van der Waals surface area contributed by atoms with Crippen molar-refractivity contribution in [1.82, 2.24) is 9.62 Å². The number of piperidine rings is 1. The summed E-state index contributed by atoms with van der Waals surface area (Å²) in [4.78, 5) is 23.8. The van der Waals surface area contributed by atoms with Crippen LogP contribution in [0.3, 0.4) is 0 Å². The maximum absolute atomic E-state index is 12.8. The van der Waals surface area contributed by atoms with Gasteiger partial charge in [0.2, 0.25) is 15.9 Å². The summed E-state index contributed by atoms with van der Waals surface area (Å²) in [7, 11) is -3.65. The summed E-state index contributed by atoms with van der Waals surface area (Å²) in [5.41, 5.74) is 0.380. The SMILES string of the molecule is CC(=O)c1cccc(S(=O)(=O)N2CCC(C(=O)NCCC(C)C)CC2)c1. The van der Waals surface area contributed by atoms with Gasteiger partial charge < -0.3 is 5.32 Å². The lowest BCUT2D eigenvalue weighted by Crippen LogP contribution is -2.43. The van der Waals surface area contributed by atoms with Crippen LogP contribution in [0.4, 0.5) is 0 Å². The highest BCUT2D eigenvalue weighted by molar-refractivity contribution is 7.89. The van der Waals surface area contributed by atoms with Crippen molar-refractivity contribution in [3.05, 3.63) is 29.8 Å². The van der Waals surface area contributed by atoms with Crippen molar-refractivity contribution in [3.63, 3.8) is 0 Å².